The van der Waals surface area contributed by atoms with Crippen LogP contribution in [-0.4, -0.2) is 4.98 Å². The van der Waals surface area contributed by atoms with E-state index in [4.69, 9.17) is 16.9 Å². The van der Waals surface area contributed by atoms with Crippen molar-refractivity contribution in [3.8, 4) is 6.07 Å². The molecular weight excluding hydrogens is 205 g/mol. The first-order chi connectivity index (χ1) is 5.96. The lowest BCUT2D eigenvalue weighted by Crippen LogP contribution is -2.09. The van der Waals surface area contributed by atoms with E-state index in [0.29, 0.717) is 0 Å². The molecule has 0 aliphatic heterocycles. The summed E-state index contributed by atoms with van der Waals surface area (Å²) in [5, 5.41) is 7.82. The Morgan fingerprint density at radius 1 is 1.46 bits per heavy atom. The highest BCUT2D eigenvalue weighted by Gasteiger charge is 2.36. The number of hydrogen-bond donors (Lipinski definition) is 0. The Kier molecular flexibility index (Phi) is 2.43. The number of aromatic nitrogens is 1. The van der Waals surface area contributed by atoms with Crippen molar-refractivity contribution in [1.82, 2.24) is 4.98 Å². The average molecular weight is 207 g/mol. The molecule has 0 spiro atoms. The molecular formula is C7H2ClF3N2. The standard InChI is InChI=1S/C7H2ClF3N2/c8-4-1-2-13-5(3-12)6(4)7(9,10)11/h1-2H. The Balaban J connectivity index is 3.43. The summed E-state index contributed by atoms with van der Waals surface area (Å²) in [5.41, 5.74) is -1.89. The fraction of sp³-hybridized carbons (Fsp3) is 0.143. The molecule has 0 radical (unpaired) electrons. The molecule has 1 rings (SSSR count). The van der Waals surface area contributed by atoms with Crippen molar-refractivity contribution in [3.05, 3.63) is 28.5 Å². The highest BCUT2D eigenvalue weighted by Crippen LogP contribution is 2.35. The summed E-state index contributed by atoms with van der Waals surface area (Å²) in [7, 11) is 0. The molecule has 1 heterocycles. The van der Waals surface area contributed by atoms with Gasteiger partial charge >= 0.3 is 6.18 Å². The van der Waals surface area contributed by atoms with Crippen LogP contribution in [0.15, 0.2) is 12.3 Å². The second kappa shape index (κ2) is 3.23. The lowest BCUT2D eigenvalue weighted by molar-refractivity contribution is -0.137. The van der Waals surface area contributed by atoms with Gasteiger partial charge in [-0.25, -0.2) is 4.98 Å². The van der Waals surface area contributed by atoms with E-state index in [9.17, 15) is 13.2 Å². The van der Waals surface area contributed by atoms with Crippen LogP contribution < -0.4 is 0 Å². The van der Waals surface area contributed by atoms with Gasteiger partial charge in [0.15, 0.2) is 5.69 Å². The first kappa shape index (κ1) is 9.81. The van der Waals surface area contributed by atoms with Crippen molar-refractivity contribution in [3.63, 3.8) is 0 Å². The van der Waals surface area contributed by atoms with Crippen LogP contribution in [-0.2, 0) is 6.18 Å². The van der Waals surface area contributed by atoms with Gasteiger partial charge < -0.3 is 0 Å². The Bertz CT molecular complexity index is 367. The smallest absolute Gasteiger partial charge is 0.245 e. The molecule has 13 heavy (non-hydrogen) atoms. The predicted molar refractivity (Wildman–Crippen MR) is 39.0 cm³/mol. The van der Waals surface area contributed by atoms with Gasteiger partial charge in [0, 0.05) is 6.20 Å². The van der Waals surface area contributed by atoms with Gasteiger partial charge in [-0.1, -0.05) is 11.6 Å². The third-order valence-corrected chi connectivity index (χ3v) is 1.60. The molecule has 0 N–H and O–H groups in total. The van der Waals surface area contributed by atoms with E-state index in [0.717, 1.165) is 12.3 Å². The molecule has 0 aliphatic carbocycles. The number of alkyl halides is 3. The summed E-state index contributed by atoms with van der Waals surface area (Å²) in [6.07, 6.45) is -3.59. The van der Waals surface area contributed by atoms with Gasteiger partial charge in [-0.2, -0.15) is 18.4 Å². The van der Waals surface area contributed by atoms with E-state index in [-0.39, 0.29) is 0 Å². The molecule has 1 aromatic rings. The molecule has 68 valence electrons. The second-order valence-electron chi connectivity index (χ2n) is 2.13. The van der Waals surface area contributed by atoms with Crippen molar-refractivity contribution in [2.24, 2.45) is 0 Å². The minimum Gasteiger partial charge on any atom is -0.245 e. The summed E-state index contributed by atoms with van der Waals surface area (Å²) in [6.45, 7) is 0. The maximum absolute atomic E-state index is 12.2. The molecule has 0 bridgehead atoms. The van der Waals surface area contributed by atoms with Crippen molar-refractivity contribution >= 4 is 11.6 Å². The number of halogens is 4. The molecule has 0 atom stereocenters. The molecule has 0 aliphatic rings. The first-order valence-electron chi connectivity index (χ1n) is 3.08. The monoisotopic (exact) mass is 206 g/mol. The fourth-order valence-corrected chi connectivity index (χ4v) is 1.05. The van der Waals surface area contributed by atoms with Gasteiger partial charge in [-0.05, 0) is 6.07 Å². The zero-order valence-corrected chi connectivity index (χ0v) is 6.82. The molecule has 0 saturated heterocycles. The van der Waals surface area contributed by atoms with Gasteiger partial charge in [0.25, 0.3) is 0 Å². The van der Waals surface area contributed by atoms with Crippen LogP contribution in [0.3, 0.4) is 0 Å². The van der Waals surface area contributed by atoms with Crippen molar-refractivity contribution < 1.29 is 13.2 Å². The summed E-state index contributed by atoms with van der Waals surface area (Å²) in [5.74, 6) is 0. The minimum atomic E-state index is -4.64. The zero-order chi connectivity index (χ0) is 10.1. The molecule has 0 amide bonds. The number of nitrogens with zero attached hydrogens (tertiary/aromatic N) is 2. The highest BCUT2D eigenvalue weighted by atomic mass is 35.5. The van der Waals surface area contributed by atoms with Gasteiger partial charge in [0.2, 0.25) is 0 Å². The maximum atomic E-state index is 12.2. The average Bonchev–Trinajstić information content (AvgIpc) is 2.01. The molecule has 0 fully saturated rings. The molecule has 0 unspecified atom stereocenters. The Labute approximate surface area is 76.6 Å². The van der Waals surface area contributed by atoms with Crippen LogP contribution in [0.5, 0.6) is 0 Å². The topological polar surface area (TPSA) is 36.7 Å². The molecule has 0 saturated carbocycles. The van der Waals surface area contributed by atoms with Crippen molar-refractivity contribution in [2.75, 3.05) is 0 Å². The molecule has 1 aromatic heterocycles. The fourth-order valence-electron chi connectivity index (χ4n) is 0.793. The van der Waals surface area contributed by atoms with Crippen LogP contribution >= 0.6 is 11.6 Å². The molecule has 0 aromatic carbocycles. The van der Waals surface area contributed by atoms with Crippen LogP contribution in [0.25, 0.3) is 0 Å². The molecule has 2 nitrogen and oxygen atoms in total. The quantitative estimate of drug-likeness (QED) is 0.654. The normalized spacial score (nSPS) is 11.0. The van der Waals surface area contributed by atoms with Crippen molar-refractivity contribution in [1.29, 1.82) is 5.26 Å². The summed E-state index contributed by atoms with van der Waals surface area (Å²) < 4.78 is 36.7. The summed E-state index contributed by atoms with van der Waals surface area (Å²) >= 11 is 5.28. The minimum absolute atomic E-state index is 0.515. The second-order valence-corrected chi connectivity index (χ2v) is 2.53. The highest BCUT2D eigenvalue weighted by molar-refractivity contribution is 6.31. The van der Waals surface area contributed by atoms with Gasteiger partial charge in [0.05, 0.1) is 5.02 Å². The maximum Gasteiger partial charge on any atom is 0.420 e. The van der Waals surface area contributed by atoms with E-state index >= 15 is 0 Å². The van der Waals surface area contributed by atoms with Crippen LogP contribution in [0.4, 0.5) is 13.2 Å². The van der Waals surface area contributed by atoms with Crippen molar-refractivity contribution in [2.45, 2.75) is 6.18 Å². The lowest BCUT2D eigenvalue weighted by Gasteiger charge is -2.08. The van der Waals surface area contributed by atoms with Crippen LogP contribution in [0.2, 0.25) is 5.02 Å². The van der Waals surface area contributed by atoms with Gasteiger partial charge in [-0.15, -0.1) is 0 Å². The SMILES string of the molecule is N#Cc1nccc(Cl)c1C(F)(F)F. The van der Waals surface area contributed by atoms with E-state index in [1.165, 1.54) is 6.07 Å². The summed E-state index contributed by atoms with van der Waals surface area (Å²) in [4.78, 5) is 3.26. The Hall–Kier alpha value is -1.28. The van der Waals surface area contributed by atoms with Crippen LogP contribution in [0, 0.1) is 11.3 Å². The zero-order valence-electron chi connectivity index (χ0n) is 6.06. The van der Waals surface area contributed by atoms with E-state index < -0.39 is 22.5 Å². The largest absolute Gasteiger partial charge is 0.420 e. The third-order valence-electron chi connectivity index (χ3n) is 1.29. The third kappa shape index (κ3) is 1.90. The Morgan fingerprint density at radius 3 is 2.46 bits per heavy atom. The molecule has 6 heteroatoms. The van der Waals surface area contributed by atoms with E-state index in [2.05, 4.69) is 4.98 Å². The number of pyridine rings is 1. The summed E-state index contributed by atoms with van der Waals surface area (Å²) in [6, 6.07) is 2.32. The lowest BCUT2D eigenvalue weighted by atomic mass is 10.2. The Morgan fingerprint density at radius 2 is 2.08 bits per heavy atom. The number of nitriles is 1. The van der Waals surface area contributed by atoms with E-state index in [1.807, 2.05) is 0 Å². The van der Waals surface area contributed by atoms with Crippen LogP contribution in [0.1, 0.15) is 11.3 Å². The number of rotatable bonds is 0. The van der Waals surface area contributed by atoms with E-state index in [1.54, 1.807) is 0 Å². The first-order valence-corrected chi connectivity index (χ1v) is 3.46. The van der Waals surface area contributed by atoms with Gasteiger partial charge in [0.1, 0.15) is 11.6 Å². The predicted octanol–water partition coefficient (Wildman–Crippen LogP) is 2.63. The number of hydrogen-bond acceptors (Lipinski definition) is 2. The van der Waals surface area contributed by atoms with Gasteiger partial charge in [-0.3, -0.25) is 0 Å².